The molecule has 0 unspecified atom stereocenters. The molecule has 0 radical (unpaired) electrons. The van der Waals surface area contributed by atoms with Crippen molar-refractivity contribution in [2.24, 2.45) is 0 Å². The molecule has 0 aromatic heterocycles. The highest BCUT2D eigenvalue weighted by molar-refractivity contribution is 6.35. The number of nitrogens with one attached hydrogen (secondary N) is 2. The van der Waals surface area contributed by atoms with Crippen LogP contribution >= 0.6 is 0 Å². The third-order valence-corrected chi connectivity index (χ3v) is 5.32. The molecule has 2 N–H and O–H groups in total. The van der Waals surface area contributed by atoms with Crippen LogP contribution in [0, 0.1) is 5.82 Å². The van der Waals surface area contributed by atoms with Gasteiger partial charge in [-0.15, -0.1) is 0 Å². The summed E-state index contributed by atoms with van der Waals surface area (Å²) >= 11 is 0. The van der Waals surface area contributed by atoms with Crippen molar-refractivity contribution in [3.05, 3.63) is 59.9 Å². The number of rotatable bonds is 8. The van der Waals surface area contributed by atoms with Crippen LogP contribution in [0.15, 0.2) is 48.5 Å². The monoisotopic (exact) mass is 428 g/mol. The lowest BCUT2D eigenvalue weighted by Crippen LogP contribution is -2.47. The Morgan fingerprint density at radius 3 is 2.23 bits per heavy atom. The molecule has 2 aromatic carbocycles. The van der Waals surface area contributed by atoms with Gasteiger partial charge in [0.05, 0.1) is 7.11 Å². The lowest BCUT2D eigenvalue weighted by atomic mass is 10.2. The summed E-state index contributed by atoms with van der Waals surface area (Å²) in [7, 11) is 1.66. The van der Waals surface area contributed by atoms with E-state index in [-0.39, 0.29) is 12.4 Å². The van der Waals surface area contributed by atoms with Gasteiger partial charge in [-0.25, -0.2) is 4.39 Å². The molecule has 31 heavy (non-hydrogen) atoms. The Balaban J connectivity index is 1.28. The largest absolute Gasteiger partial charge is 0.497 e. The number of anilines is 1. The summed E-state index contributed by atoms with van der Waals surface area (Å²) < 4.78 is 18.1. The molecule has 0 aliphatic carbocycles. The highest BCUT2D eigenvalue weighted by Crippen LogP contribution is 2.20. The smallest absolute Gasteiger partial charge is 0.309 e. The average molecular weight is 429 g/mol. The number of piperazine rings is 1. The third-order valence-electron chi connectivity index (χ3n) is 5.32. The van der Waals surface area contributed by atoms with E-state index < -0.39 is 11.8 Å². The third kappa shape index (κ3) is 6.96. The molecule has 1 aliphatic rings. The van der Waals surface area contributed by atoms with Crippen LogP contribution in [0.5, 0.6) is 5.75 Å². The van der Waals surface area contributed by atoms with Gasteiger partial charge in [-0.2, -0.15) is 0 Å². The molecule has 2 aromatic rings. The van der Waals surface area contributed by atoms with Gasteiger partial charge >= 0.3 is 11.8 Å². The zero-order valence-corrected chi connectivity index (χ0v) is 17.8. The summed E-state index contributed by atoms with van der Waals surface area (Å²) in [6.45, 7) is 5.31. The van der Waals surface area contributed by atoms with Crippen LogP contribution in [0.1, 0.15) is 12.0 Å². The van der Waals surface area contributed by atoms with Gasteiger partial charge in [0, 0.05) is 45.0 Å². The van der Waals surface area contributed by atoms with Gasteiger partial charge in [0.25, 0.3) is 0 Å². The number of methoxy groups -OCH3 is 1. The predicted molar refractivity (Wildman–Crippen MR) is 118 cm³/mol. The van der Waals surface area contributed by atoms with Crippen molar-refractivity contribution >= 4 is 17.5 Å². The second-order valence-electron chi connectivity index (χ2n) is 7.45. The first-order valence-corrected chi connectivity index (χ1v) is 10.5. The van der Waals surface area contributed by atoms with E-state index in [1.807, 2.05) is 12.1 Å². The van der Waals surface area contributed by atoms with E-state index in [0.717, 1.165) is 50.5 Å². The summed E-state index contributed by atoms with van der Waals surface area (Å²) in [6, 6.07) is 13.9. The van der Waals surface area contributed by atoms with E-state index in [1.165, 1.54) is 17.8 Å². The number of benzene rings is 2. The number of nitrogens with zero attached hydrogens (tertiary/aromatic N) is 2. The zero-order valence-electron chi connectivity index (χ0n) is 17.8. The van der Waals surface area contributed by atoms with E-state index in [4.69, 9.17) is 4.74 Å². The van der Waals surface area contributed by atoms with Gasteiger partial charge in [0.1, 0.15) is 11.6 Å². The minimum atomic E-state index is -0.683. The quantitative estimate of drug-likeness (QED) is 0.495. The van der Waals surface area contributed by atoms with Crippen LogP contribution in [0.4, 0.5) is 10.1 Å². The van der Waals surface area contributed by atoms with Crippen molar-refractivity contribution in [3.63, 3.8) is 0 Å². The highest BCUT2D eigenvalue weighted by atomic mass is 19.1. The van der Waals surface area contributed by atoms with Crippen molar-refractivity contribution in [2.75, 3.05) is 51.3 Å². The number of amides is 2. The van der Waals surface area contributed by atoms with Crippen molar-refractivity contribution in [3.8, 4) is 5.75 Å². The summed E-state index contributed by atoms with van der Waals surface area (Å²) in [5.74, 6) is -0.813. The molecule has 0 bridgehead atoms. The maximum absolute atomic E-state index is 12.9. The van der Waals surface area contributed by atoms with Crippen LogP contribution < -0.4 is 20.3 Å². The van der Waals surface area contributed by atoms with E-state index in [1.54, 1.807) is 19.2 Å². The molecule has 8 heteroatoms. The molecular formula is C23H29FN4O3. The molecule has 1 aliphatic heterocycles. The molecule has 1 fully saturated rings. The fourth-order valence-corrected chi connectivity index (χ4v) is 3.47. The fourth-order valence-electron chi connectivity index (χ4n) is 3.47. The Morgan fingerprint density at radius 2 is 1.58 bits per heavy atom. The van der Waals surface area contributed by atoms with Gasteiger partial charge in [-0.05, 0) is 54.9 Å². The lowest BCUT2D eigenvalue weighted by Gasteiger charge is -2.36. The molecular weight excluding hydrogens is 399 g/mol. The number of hydrogen-bond donors (Lipinski definition) is 2. The van der Waals surface area contributed by atoms with Gasteiger partial charge in [-0.3, -0.25) is 14.5 Å². The molecule has 3 rings (SSSR count). The molecule has 7 nitrogen and oxygen atoms in total. The Bertz CT molecular complexity index is 850. The van der Waals surface area contributed by atoms with E-state index in [2.05, 4.69) is 32.6 Å². The average Bonchev–Trinajstić information content (AvgIpc) is 2.81. The van der Waals surface area contributed by atoms with Gasteiger partial charge < -0.3 is 20.3 Å². The number of carbonyl (C=O) groups is 2. The second-order valence-corrected chi connectivity index (χ2v) is 7.45. The fraction of sp³-hybridized carbons (Fsp3) is 0.391. The van der Waals surface area contributed by atoms with E-state index >= 15 is 0 Å². The normalized spacial score (nSPS) is 14.2. The van der Waals surface area contributed by atoms with Crippen LogP contribution in [0.2, 0.25) is 0 Å². The molecule has 0 spiro atoms. The zero-order chi connectivity index (χ0) is 22.1. The van der Waals surface area contributed by atoms with Crippen molar-refractivity contribution in [2.45, 2.75) is 13.0 Å². The van der Waals surface area contributed by atoms with Crippen LogP contribution in [-0.2, 0) is 16.1 Å². The molecule has 1 heterocycles. The van der Waals surface area contributed by atoms with Crippen LogP contribution in [0.25, 0.3) is 0 Å². The second kappa shape index (κ2) is 11.3. The van der Waals surface area contributed by atoms with Crippen LogP contribution in [-0.4, -0.2) is 63.1 Å². The number of hydrogen-bond acceptors (Lipinski definition) is 5. The summed E-state index contributed by atoms with van der Waals surface area (Å²) in [6.07, 6.45) is 0.777. The number of ether oxygens (including phenoxy) is 1. The summed E-state index contributed by atoms with van der Waals surface area (Å²) in [5.41, 5.74) is 1.93. The molecule has 0 atom stereocenters. The maximum Gasteiger partial charge on any atom is 0.309 e. The van der Waals surface area contributed by atoms with Gasteiger partial charge in [0.2, 0.25) is 0 Å². The lowest BCUT2D eigenvalue weighted by molar-refractivity contribution is -0.139. The predicted octanol–water partition coefficient (Wildman–Crippen LogP) is 1.78. The Kier molecular flexibility index (Phi) is 8.23. The van der Waals surface area contributed by atoms with Crippen molar-refractivity contribution < 1.29 is 18.7 Å². The van der Waals surface area contributed by atoms with Crippen molar-refractivity contribution in [1.29, 1.82) is 0 Å². The SMILES string of the molecule is COc1ccc(N2CCN(CCCNC(=O)C(=O)NCc3ccc(F)cc3)CC2)cc1. The minimum Gasteiger partial charge on any atom is -0.497 e. The molecule has 166 valence electrons. The number of carbonyl (C=O) groups excluding carboxylic acids is 2. The van der Waals surface area contributed by atoms with Gasteiger partial charge in [-0.1, -0.05) is 12.1 Å². The topological polar surface area (TPSA) is 73.9 Å². The summed E-state index contributed by atoms with van der Waals surface area (Å²) in [4.78, 5) is 28.5. The Labute approximate surface area is 182 Å². The first-order valence-electron chi connectivity index (χ1n) is 10.5. The molecule has 1 saturated heterocycles. The minimum absolute atomic E-state index is 0.186. The van der Waals surface area contributed by atoms with E-state index in [9.17, 15) is 14.0 Å². The molecule has 0 saturated carbocycles. The first-order chi connectivity index (χ1) is 15.0. The maximum atomic E-state index is 12.9. The Hall–Kier alpha value is -3.13. The standard InChI is InChI=1S/C23H29FN4O3/c1-31-21-9-7-20(8-10-21)28-15-13-27(14-16-28)12-2-11-25-22(29)23(30)26-17-18-3-5-19(24)6-4-18/h3-10H,2,11-17H2,1H3,(H,25,29)(H,26,30). The van der Waals surface area contributed by atoms with Gasteiger partial charge in [0.15, 0.2) is 0 Å². The van der Waals surface area contributed by atoms with E-state index in [0.29, 0.717) is 6.54 Å². The first kappa shape index (κ1) is 22.6. The number of halogens is 1. The van der Waals surface area contributed by atoms with Crippen LogP contribution in [0.3, 0.4) is 0 Å². The highest BCUT2D eigenvalue weighted by Gasteiger charge is 2.17. The summed E-state index contributed by atoms with van der Waals surface area (Å²) in [5, 5.41) is 5.19. The Morgan fingerprint density at radius 1 is 0.935 bits per heavy atom. The van der Waals surface area contributed by atoms with Crippen molar-refractivity contribution in [1.82, 2.24) is 15.5 Å². The molecule has 2 amide bonds.